The topological polar surface area (TPSA) is 35.5 Å². The van der Waals surface area contributed by atoms with Gasteiger partial charge in [0.05, 0.1) is 7.11 Å². The van der Waals surface area contributed by atoms with Crippen molar-refractivity contribution in [1.82, 2.24) is 0 Å². The molecule has 0 aliphatic carbocycles. The van der Waals surface area contributed by atoms with Gasteiger partial charge in [0.2, 0.25) is 0 Å². The van der Waals surface area contributed by atoms with Gasteiger partial charge in [0.1, 0.15) is 5.75 Å². The Hall–Kier alpha value is -2.00. The van der Waals surface area contributed by atoms with E-state index >= 15 is 0 Å². The third-order valence-corrected chi connectivity index (χ3v) is 3.34. The third kappa shape index (κ3) is 4.50. The van der Waals surface area contributed by atoms with Gasteiger partial charge >= 0.3 is 5.97 Å². The lowest BCUT2D eigenvalue weighted by atomic mass is 10.1. The lowest BCUT2D eigenvalue weighted by Crippen LogP contribution is -2.24. The molecular weight excluding hydrogens is 288 g/mol. The molecule has 0 radical (unpaired) electrons. The average Bonchev–Trinajstić information content (AvgIpc) is 2.50. The summed E-state index contributed by atoms with van der Waals surface area (Å²) in [6.45, 7) is 1.66. The molecule has 0 amide bonds. The van der Waals surface area contributed by atoms with E-state index in [4.69, 9.17) is 16.3 Å². The van der Waals surface area contributed by atoms with Gasteiger partial charge in [-0.2, -0.15) is 0 Å². The van der Waals surface area contributed by atoms with Gasteiger partial charge in [-0.05, 0) is 48.7 Å². The Kier molecular flexibility index (Phi) is 5.23. The first-order chi connectivity index (χ1) is 10.1. The zero-order valence-corrected chi connectivity index (χ0v) is 12.8. The van der Waals surface area contributed by atoms with Gasteiger partial charge in [0.25, 0.3) is 0 Å². The lowest BCUT2D eigenvalue weighted by Gasteiger charge is -2.12. The third-order valence-electron chi connectivity index (χ3n) is 3.09. The number of benzene rings is 2. The van der Waals surface area contributed by atoms with Gasteiger partial charge in [0.15, 0.2) is 6.10 Å². The summed E-state index contributed by atoms with van der Waals surface area (Å²) in [5.41, 5.74) is 2.35. The normalized spacial score (nSPS) is 11.8. The quantitative estimate of drug-likeness (QED) is 0.787. The minimum Gasteiger partial charge on any atom is -0.479 e. The van der Waals surface area contributed by atoms with Crippen molar-refractivity contribution in [3.05, 3.63) is 64.7 Å². The Bertz CT molecular complexity index is 590. The maximum atomic E-state index is 11.3. The molecule has 2 aromatic rings. The van der Waals surface area contributed by atoms with Crippen molar-refractivity contribution < 1.29 is 14.3 Å². The Morgan fingerprint density at radius 1 is 1.05 bits per heavy atom. The van der Waals surface area contributed by atoms with E-state index in [0.717, 1.165) is 17.0 Å². The lowest BCUT2D eigenvalue weighted by molar-refractivity contribution is -0.147. The van der Waals surface area contributed by atoms with Gasteiger partial charge in [-0.25, -0.2) is 4.79 Å². The van der Waals surface area contributed by atoms with Crippen molar-refractivity contribution in [2.75, 3.05) is 7.11 Å². The summed E-state index contributed by atoms with van der Waals surface area (Å²) in [4.78, 5) is 11.3. The van der Waals surface area contributed by atoms with Gasteiger partial charge < -0.3 is 9.47 Å². The zero-order valence-electron chi connectivity index (χ0n) is 12.0. The summed E-state index contributed by atoms with van der Waals surface area (Å²) in [5, 5.41) is 0.735. The van der Waals surface area contributed by atoms with Gasteiger partial charge in [-0.1, -0.05) is 35.9 Å². The number of methoxy groups -OCH3 is 1. The van der Waals surface area contributed by atoms with Crippen LogP contribution < -0.4 is 4.74 Å². The summed E-state index contributed by atoms with van der Waals surface area (Å²) >= 11 is 5.87. The average molecular weight is 305 g/mol. The maximum Gasteiger partial charge on any atom is 0.346 e. The van der Waals surface area contributed by atoms with E-state index in [2.05, 4.69) is 4.74 Å². The summed E-state index contributed by atoms with van der Waals surface area (Å²) in [7, 11) is 1.34. The van der Waals surface area contributed by atoms with E-state index in [-0.39, 0.29) is 5.97 Å². The smallest absolute Gasteiger partial charge is 0.346 e. The molecule has 4 heteroatoms. The number of esters is 1. The van der Waals surface area contributed by atoms with Crippen LogP contribution in [0.4, 0.5) is 0 Å². The van der Waals surface area contributed by atoms with Crippen molar-refractivity contribution in [3.8, 4) is 5.75 Å². The standard InChI is InChI=1S/C17H17ClO3/c1-12(17(19)20-2)21-16-9-5-14(6-10-16)11-13-3-7-15(18)8-4-13/h3-10,12H,11H2,1-2H3/t12-/m1/s1. The highest BCUT2D eigenvalue weighted by molar-refractivity contribution is 6.30. The second-order valence-electron chi connectivity index (χ2n) is 4.73. The molecule has 0 aromatic heterocycles. The van der Waals surface area contributed by atoms with Crippen LogP contribution in [0.5, 0.6) is 5.75 Å². The minimum absolute atomic E-state index is 0.389. The molecule has 2 rings (SSSR count). The first-order valence-corrected chi connectivity index (χ1v) is 7.04. The Morgan fingerprint density at radius 3 is 2.10 bits per heavy atom. The van der Waals surface area contributed by atoms with Crippen molar-refractivity contribution in [3.63, 3.8) is 0 Å². The molecule has 0 saturated heterocycles. The highest BCUT2D eigenvalue weighted by Gasteiger charge is 2.14. The largest absolute Gasteiger partial charge is 0.479 e. The zero-order chi connectivity index (χ0) is 15.2. The van der Waals surface area contributed by atoms with E-state index in [1.165, 1.54) is 12.7 Å². The first kappa shape index (κ1) is 15.4. The molecule has 0 saturated carbocycles. The molecule has 0 spiro atoms. The van der Waals surface area contributed by atoms with Crippen molar-refractivity contribution >= 4 is 17.6 Å². The highest BCUT2D eigenvalue weighted by Crippen LogP contribution is 2.18. The summed E-state index contributed by atoms with van der Waals surface area (Å²) in [6.07, 6.45) is 0.210. The van der Waals surface area contributed by atoms with Crippen LogP contribution in [0.15, 0.2) is 48.5 Å². The monoisotopic (exact) mass is 304 g/mol. The molecule has 0 bridgehead atoms. The van der Waals surface area contributed by atoms with Gasteiger partial charge in [0, 0.05) is 5.02 Å². The number of carbonyl (C=O) groups excluding carboxylic acids is 1. The van der Waals surface area contributed by atoms with Crippen LogP contribution in [0.25, 0.3) is 0 Å². The van der Waals surface area contributed by atoms with E-state index in [1.807, 2.05) is 48.5 Å². The van der Waals surface area contributed by atoms with Crippen LogP contribution in [-0.2, 0) is 16.0 Å². The molecule has 0 heterocycles. The molecule has 21 heavy (non-hydrogen) atoms. The van der Waals surface area contributed by atoms with Crippen LogP contribution in [0, 0.1) is 0 Å². The molecule has 1 atom stereocenters. The van der Waals surface area contributed by atoms with Crippen LogP contribution >= 0.6 is 11.6 Å². The first-order valence-electron chi connectivity index (χ1n) is 6.66. The second-order valence-corrected chi connectivity index (χ2v) is 5.17. The van der Waals surface area contributed by atoms with Crippen LogP contribution in [0.1, 0.15) is 18.1 Å². The Balaban J connectivity index is 1.98. The predicted octanol–water partition coefficient (Wildman–Crippen LogP) is 3.87. The molecule has 2 aromatic carbocycles. The highest BCUT2D eigenvalue weighted by atomic mass is 35.5. The van der Waals surface area contributed by atoms with Crippen molar-refractivity contribution in [1.29, 1.82) is 0 Å². The fourth-order valence-electron chi connectivity index (χ4n) is 1.94. The molecule has 3 nitrogen and oxygen atoms in total. The van der Waals surface area contributed by atoms with Crippen LogP contribution in [-0.4, -0.2) is 19.2 Å². The number of ether oxygens (including phenoxy) is 2. The summed E-state index contributed by atoms with van der Waals surface area (Å²) < 4.78 is 10.1. The van der Waals surface area contributed by atoms with Gasteiger partial charge in [-0.3, -0.25) is 0 Å². The van der Waals surface area contributed by atoms with E-state index in [1.54, 1.807) is 6.92 Å². The maximum absolute atomic E-state index is 11.3. The molecule has 0 N–H and O–H groups in total. The number of halogens is 1. The Labute approximate surface area is 129 Å². The predicted molar refractivity (Wildman–Crippen MR) is 82.8 cm³/mol. The fraction of sp³-hybridized carbons (Fsp3) is 0.235. The molecule has 0 aliphatic heterocycles. The summed E-state index contributed by atoms with van der Waals surface area (Å²) in [5.74, 6) is 0.257. The van der Waals surface area contributed by atoms with Crippen molar-refractivity contribution in [2.45, 2.75) is 19.4 Å². The molecule has 0 aliphatic rings. The second kappa shape index (κ2) is 7.14. The van der Waals surface area contributed by atoms with E-state index in [9.17, 15) is 4.79 Å². The number of rotatable bonds is 5. The SMILES string of the molecule is COC(=O)[C@@H](C)Oc1ccc(Cc2ccc(Cl)cc2)cc1. The van der Waals surface area contributed by atoms with Crippen LogP contribution in [0.2, 0.25) is 5.02 Å². The van der Waals surface area contributed by atoms with Gasteiger partial charge in [-0.15, -0.1) is 0 Å². The minimum atomic E-state index is -0.614. The molecular formula is C17H17ClO3. The molecule has 0 unspecified atom stereocenters. The Morgan fingerprint density at radius 2 is 1.57 bits per heavy atom. The molecule has 110 valence electrons. The van der Waals surface area contributed by atoms with E-state index in [0.29, 0.717) is 5.75 Å². The number of hydrogen-bond acceptors (Lipinski definition) is 3. The number of hydrogen-bond donors (Lipinski definition) is 0. The number of carbonyl (C=O) groups is 1. The summed E-state index contributed by atoms with van der Waals surface area (Å²) in [6, 6.07) is 15.4. The molecule has 0 fully saturated rings. The van der Waals surface area contributed by atoms with E-state index < -0.39 is 6.10 Å². The fourth-order valence-corrected chi connectivity index (χ4v) is 2.07. The van der Waals surface area contributed by atoms with Crippen molar-refractivity contribution in [2.24, 2.45) is 0 Å². The van der Waals surface area contributed by atoms with Crippen LogP contribution in [0.3, 0.4) is 0 Å².